The summed E-state index contributed by atoms with van der Waals surface area (Å²) in [6.07, 6.45) is 5.02. The standard InChI is InChI=1S/C29H44N4O7S2Si/c1-20(19-42(35,36)37)12-14-30-28(34)39-16-13-25-31-18-24(41-25)27-22-17-21(40-43(5,6)29(2,3)4)10-11-23(22)33(32-27)26-9-7-8-15-38-26/h10-11,17-18,20,26H,7-9,12-16,19H2,1-6H3,(H,30,34)(H,35,36,37)/t20-,26?/m0/s1. The van der Waals surface area contributed by atoms with Crippen molar-refractivity contribution < 1.29 is 31.7 Å². The number of rotatable bonds is 12. The van der Waals surface area contributed by atoms with Crippen LogP contribution < -0.4 is 9.74 Å². The first-order valence-electron chi connectivity index (χ1n) is 14.8. The number of hydrogen-bond acceptors (Lipinski definition) is 9. The van der Waals surface area contributed by atoms with Crippen molar-refractivity contribution in [1.29, 1.82) is 0 Å². The minimum absolute atomic E-state index is 0.0674. The summed E-state index contributed by atoms with van der Waals surface area (Å²) in [6.45, 7) is 14.0. The highest BCUT2D eigenvalue weighted by Gasteiger charge is 2.39. The number of ether oxygens (including phenoxy) is 2. The van der Waals surface area contributed by atoms with Crippen molar-refractivity contribution in [2.75, 3.05) is 25.5 Å². The van der Waals surface area contributed by atoms with Crippen molar-refractivity contribution >= 4 is 46.8 Å². The Morgan fingerprint density at radius 2 is 2.07 bits per heavy atom. The Morgan fingerprint density at radius 3 is 2.74 bits per heavy atom. The molecule has 4 rings (SSSR count). The molecule has 2 N–H and O–H groups in total. The van der Waals surface area contributed by atoms with Crippen molar-refractivity contribution in [3.05, 3.63) is 29.4 Å². The average molecular weight is 653 g/mol. The lowest BCUT2D eigenvalue weighted by molar-refractivity contribution is -0.0365. The lowest BCUT2D eigenvalue weighted by Gasteiger charge is -2.36. The molecule has 3 aromatic rings. The Morgan fingerprint density at radius 1 is 1.30 bits per heavy atom. The quantitative estimate of drug-likeness (QED) is 0.167. The number of carbonyl (C=O) groups excluding carboxylic acids is 1. The van der Waals surface area contributed by atoms with Gasteiger partial charge in [0.2, 0.25) is 8.32 Å². The lowest BCUT2D eigenvalue weighted by atomic mass is 10.1. The number of nitrogens with one attached hydrogen (secondary N) is 1. The highest BCUT2D eigenvalue weighted by Crippen LogP contribution is 2.40. The second-order valence-corrected chi connectivity index (χ2v) is 20.1. The molecule has 0 bridgehead atoms. The van der Waals surface area contributed by atoms with Gasteiger partial charge in [-0.15, -0.1) is 11.3 Å². The zero-order valence-corrected chi connectivity index (χ0v) is 28.5. The van der Waals surface area contributed by atoms with Gasteiger partial charge >= 0.3 is 6.09 Å². The van der Waals surface area contributed by atoms with E-state index in [2.05, 4.69) is 56.3 Å². The summed E-state index contributed by atoms with van der Waals surface area (Å²) >= 11 is 1.51. The minimum Gasteiger partial charge on any atom is -0.543 e. The number of aromatic nitrogens is 3. The number of nitrogens with zero attached hydrogens (tertiary/aromatic N) is 3. The Hall–Kier alpha value is -2.52. The number of hydrogen-bond donors (Lipinski definition) is 2. The molecule has 1 fully saturated rings. The third kappa shape index (κ3) is 9.00. The zero-order chi connectivity index (χ0) is 31.4. The van der Waals surface area contributed by atoms with E-state index in [1.807, 2.05) is 16.9 Å². The van der Waals surface area contributed by atoms with E-state index in [-0.39, 0.29) is 36.1 Å². The molecule has 238 valence electrons. The monoisotopic (exact) mass is 652 g/mol. The Balaban J connectivity index is 1.45. The lowest BCUT2D eigenvalue weighted by Crippen LogP contribution is -2.43. The Labute approximate surface area is 259 Å². The maximum Gasteiger partial charge on any atom is 0.407 e. The molecular weight excluding hydrogens is 609 g/mol. The highest BCUT2D eigenvalue weighted by molar-refractivity contribution is 7.85. The van der Waals surface area contributed by atoms with Crippen LogP contribution in [0.15, 0.2) is 24.4 Å². The summed E-state index contributed by atoms with van der Waals surface area (Å²) in [6, 6.07) is 6.19. The summed E-state index contributed by atoms with van der Waals surface area (Å²) in [5.74, 6) is 0.200. The van der Waals surface area contributed by atoms with E-state index in [9.17, 15) is 13.2 Å². The van der Waals surface area contributed by atoms with Gasteiger partial charge in [0.05, 0.1) is 27.8 Å². The molecule has 11 nitrogen and oxygen atoms in total. The molecule has 0 aliphatic carbocycles. The molecule has 3 heterocycles. The van der Waals surface area contributed by atoms with Crippen LogP contribution in [-0.4, -0.2) is 67.7 Å². The van der Waals surface area contributed by atoms with Crippen molar-refractivity contribution in [3.63, 3.8) is 0 Å². The fourth-order valence-electron chi connectivity index (χ4n) is 4.63. The first-order valence-corrected chi connectivity index (χ1v) is 20.1. The number of amides is 1. The van der Waals surface area contributed by atoms with Crippen LogP contribution in [0.25, 0.3) is 21.5 Å². The zero-order valence-electron chi connectivity index (χ0n) is 25.9. The fourth-order valence-corrected chi connectivity index (χ4v) is 7.44. The van der Waals surface area contributed by atoms with Gasteiger partial charge in [-0.1, -0.05) is 27.7 Å². The van der Waals surface area contributed by atoms with E-state index in [0.717, 1.165) is 58.1 Å². The first-order chi connectivity index (χ1) is 20.1. The topological polar surface area (TPSA) is 142 Å². The molecule has 14 heteroatoms. The highest BCUT2D eigenvalue weighted by atomic mass is 32.2. The summed E-state index contributed by atoms with van der Waals surface area (Å²) < 4.78 is 50.9. The summed E-state index contributed by atoms with van der Waals surface area (Å²) in [5, 5.41) is 9.51. The van der Waals surface area contributed by atoms with Crippen LogP contribution in [0.5, 0.6) is 5.75 Å². The van der Waals surface area contributed by atoms with Gasteiger partial charge < -0.3 is 19.2 Å². The van der Waals surface area contributed by atoms with Crippen molar-refractivity contribution in [2.24, 2.45) is 5.92 Å². The van der Waals surface area contributed by atoms with Gasteiger partial charge in [0, 0.05) is 31.2 Å². The summed E-state index contributed by atoms with van der Waals surface area (Å²) in [4.78, 5) is 17.6. The molecule has 0 radical (unpaired) electrons. The molecule has 1 saturated heterocycles. The van der Waals surface area contributed by atoms with Crippen molar-refractivity contribution in [3.8, 4) is 16.3 Å². The van der Waals surface area contributed by atoms with E-state index in [4.69, 9.17) is 23.6 Å². The van der Waals surface area contributed by atoms with Gasteiger partial charge in [-0.3, -0.25) is 4.55 Å². The van der Waals surface area contributed by atoms with Crippen LogP contribution in [0.1, 0.15) is 64.6 Å². The smallest absolute Gasteiger partial charge is 0.407 e. The van der Waals surface area contributed by atoms with Crippen LogP contribution in [0.3, 0.4) is 0 Å². The van der Waals surface area contributed by atoms with Crippen molar-refractivity contribution in [2.45, 2.75) is 84.2 Å². The van der Waals surface area contributed by atoms with E-state index in [0.29, 0.717) is 12.8 Å². The van der Waals surface area contributed by atoms with Crippen LogP contribution in [0.2, 0.25) is 18.1 Å². The number of carbonyl (C=O) groups is 1. The van der Waals surface area contributed by atoms with Crippen LogP contribution >= 0.6 is 11.3 Å². The van der Waals surface area contributed by atoms with E-state index < -0.39 is 24.5 Å². The van der Waals surface area contributed by atoms with E-state index >= 15 is 0 Å². The summed E-state index contributed by atoms with van der Waals surface area (Å²) in [7, 11) is -6.08. The molecule has 1 aromatic carbocycles. The van der Waals surface area contributed by atoms with Crippen molar-refractivity contribution in [1.82, 2.24) is 20.1 Å². The molecule has 1 aliphatic heterocycles. The SMILES string of the molecule is C[C@@H](CCNC(=O)OCCc1ncc(-c2nn(C3CCCCO3)c3ccc(O[Si](C)(C)C(C)(C)C)cc23)s1)CS(=O)(=O)O. The van der Waals surface area contributed by atoms with E-state index in [1.165, 1.54) is 11.3 Å². The molecule has 1 aliphatic rings. The Bertz CT molecular complexity index is 1510. The Kier molecular flexibility index (Phi) is 10.6. The number of fused-ring (bicyclic) bond motifs is 1. The predicted octanol–water partition coefficient (Wildman–Crippen LogP) is 6.43. The molecule has 0 saturated carbocycles. The van der Waals surface area contributed by atoms with E-state index in [1.54, 1.807) is 6.92 Å². The molecule has 2 atom stereocenters. The number of alkyl carbamates (subject to hydrolysis) is 1. The van der Waals surface area contributed by atoms with Gasteiger partial charge in [0.25, 0.3) is 10.1 Å². The fraction of sp³-hybridized carbons (Fsp3) is 0.621. The molecule has 2 aromatic heterocycles. The molecule has 1 amide bonds. The summed E-state index contributed by atoms with van der Waals surface area (Å²) in [5.41, 5.74) is 1.82. The second kappa shape index (κ2) is 13.6. The third-order valence-corrected chi connectivity index (χ3v) is 14.4. The average Bonchev–Trinajstić information content (AvgIpc) is 3.52. The number of thiazole rings is 1. The van der Waals surface area contributed by atoms with Gasteiger partial charge in [0.1, 0.15) is 11.4 Å². The maximum atomic E-state index is 12.1. The predicted molar refractivity (Wildman–Crippen MR) is 171 cm³/mol. The largest absolute Gasteiger partial charge is 0.543 e. The van der Waals surface area contributed by atoms with Crippen LogP contribution in [-0.2, 0) is 26.0 Å². The normalized spacial score (nSPS) is 17.1. The molecule has 1 unspecified atom stereocenters. The van der Waals surface area contributed by atoms with Gasteiger partial charge in [-0.25, -0.2) is 14.5 Å². The molecular formula is C29H44N4O7S2Si. The second-order valence-electron chi connectivity index (χ2n) is 12.7. The molecule has 0 spiro atoms. The third-order valence-electron chi connectivity index (χ3n) is 8.02. The number of benzene rings is 1. The maximum absolute atomic E-state index is 12.1. The molecule has 43 heavy (non-hydrogen) atoms. The first kappa shape index (κ1) is 33.4. The minimum atomic E-state index is -4.04. The van der Waals surface area contributed by atoms with Crippen LogP contribution in [0, 0.1) is 5.92 Å². The van der Waals surface area contributed by atoms with Crippen LogP contribution in [0.4, 0.5) is 4.79 Å². The van der Waals surface area contributed by atoms with Gasteiger partial charge in [-0.05, 0) is 67.9 Å². The van der Waals surface area contributed by atoms with Gasteiger partial charge in [-0.2, -0.15) is 13.5 Å². The van der Waals surface area contributed by atoms with Gasteiger partial charge in [0.15, 0.2) is 6.23 Å².